The lowest BCUT2D eigenvalue weighted by Gasteiger charge is -2.34. The highest BCUT2D eigenvalue weighted by atomic mass is 32.2. The number of benzene rings is 1. The number of carbonyl (C=O) groups is 1. The molecule has 1 aliphatic rings. The lowest BCUT2D eigenvalue weighted by Crippen LogP contribution is -2.43. The van der Waals surface area contributed by atoms with E-state index in [1.165, 1.54) is 18.2 Å². The van der Waals surface area contributed by atoms with Gasteiger partial charge >= 0.3 is 0 Å². The van der Waals surface area contributed by atoms with Gasteiger partial charge in [0, 0.05) is 13.1 Å². The van der Waals surface area contributed by atoms with Crippen molar-refractivity contribution in [1.29, 1.82) is 0 Å². The molecule has 1 saturated heterocycles. The van der Waals surface area contributed by atoms with Crippen LogP contribution in [0, 0.1) is 11.8 Å². The second-order valence-corrected chi connectivity index (χ2v) is 7.63. The van der Waals surface area contributed by atoms with E-state index in [2.05, 4.69) is 24.0 Å². The van der Waals surface area contributed by atoms with Crippen LogP contribution in [0.3, 0.4) is 0 Å². The van der Waals surface area contributed by atoms with Crippen molar-refractivity contribution in [2.45, 2.75) is 25.4 Å². The van der Waals surface area contributed by atoms with Gasteiger partial charge in [0.2, 0.25) is 5.91 Å². The maximum Gasteiger partial charge on any atom is 0.233 e. The van der Waals surface area contributed by atoms with Crippen molar-refractivity contribution in [2.75, 3.05) is 26.0 Å². The summed E-state index contributed by atoms with van der Waals surface area (Å²) in [5, 5.41) is 8.86. The van der Waals surface area contributed by atoms with E-state index in [9.17, 15) is 4.79 Å². The molecule has 0 N–H and O–H groups in total. The number of likely N-dealkylation sites (tertiary alicyclic amines) is 1. The van der Waals surface area contributed by atoms with Crippen molar-refractivity contribution in [3.8, 4) is 11.4 Å². The highest BCUT2D eigenvalue weighted by molar-refractivity contribution is 7.99. The summed E-state index contributed by atoms with van der Waals surface area (Å²) in [6.45, 7) is 6.12. The lowest BCUT2D eigenvalue weighted by molar-refractivity contribution is -0.130. The minimum atomic E-state index is 0.165. The third-order valence-electron chi connectivity index (χ3n) is 4.41. The molecule has 2 aromatic rings. The zero-order valence-corrected chi connectivity index (χ0v) is 15.7. The Morgan fingerprint density at radius 1 is 1.28 bits per heavy atom. The Kier molecular flexibility index (Phi) is 5.63. The van der Waals surface area contributed by atoms with E-state index < -0.39 is 0 Å². The third kappa shape index (κ3) is 4.15. The molecule has 2 heterocycles. The zero-order valence-electron chi connectivity index (χ0n) is 14.9. The maximum absolute atomic E-state index is 12.6. The monoisotopic (exact) mass is 360 g/mol. The number of nitrogens with zero attached hydrogens (tertiary/aromatic N) is 4. The summed E-state index contributed by atoms with van der Waals surface area (Å²) >= 11 is 1.41. The quantitative estimate of drug-likeness (QED) is 0.768. The van der Waals surface area contributed by atoms with Crippen LogP contribution in [0.5, 0.6) is 5.75 Å². The summed E-state index contributed by atoms with van der Waals surface area (Å²) in [6, 6.07) is 7.70. The molecule has 0 spiro atoms. The molecule has 1 aromatic carbocycles. The largest absolute Gasteiger partial charge is 0.495 e. The van der Waals surface area contributed by atoms with Crippen molar-refractivity contribution < 1.29 is 9.53 Å². The first-order valence-electron chi connectivity index (χ1n) is 8.52. The first kappa shape index (κ1) is 17.8. The number of thioether (sulfide) groups is 1. The first-order chi connectivity index (χ1) is 12.1. The molecule has 25 heavy (non-hydrogen) atoms. The fraction of sp³-hybridized carbons (Fsp3) is 0.500. The van der Waals surface area contributed by atoms with Gasteiger partial charge in [0.05, 0.1) is 18.6 Å². The number of amides is 1. The van der Waals surface area contributed by atoms with Gasteiger partial charge in [-0.1, -0.05) is 37.7 Å². The normalized spacial score (nSPS) is 20.5. The number of hydrogen-bond donors (Lipinski definition) is 0. The number of methoxy groups -OCH3 is 1. The highest BCUT2D eigenvalue weighted by Gasteiger charge is 2.25. The van der Waals surface area contributed by atoms with Crippen LogP contribution in [-0.2, 0) is 4.79 Å². The predicted octanol–water partition coefficient (Wildman–Crippen LogP) is 2.87. The molecule has 1 amide bonds. The van der Waals surface area contributed by atoms with Crippen LogP contribution in [0.1, 0.15) is 20.3 Å². The number of hydrogen-bond acceptors (Lipinski definition) is 5. The zero-order chi connectivity index (χ0) is 17.8. The minimum Gasteiger partial charge on any atom is -0.495 e. The van der Waals surface area contributed by atoms with Crippen molar-refractivity contribution in [3.05, 3.63) is 30.6 Å². The first-order valence-corrected chi connectivity index (χ1v) is 9.51. The summed E-state index contributed by atoms with van der Waals surface area (Å²) in [5.74, 6) is 2.41. The third-order valence-corrected chi connectivity index (χ3v) is 5.34. The summed E-state index contributed by atoms with van der Waals surface area (Å²) in [6.07, 6.45) is 2.84. The van der Waals surface area contributed by atoms with E-state index in [1.807, 2.05) is 33.7 Å². The van der Waals surface area contributed by atoms with Crippen LogP contribution >= 0.6 is 11.8 Å². The van der Waals surface area contributed by atoms with E-state index in [0.717, 1.165) is 24.5 Å². The smallest absolute Gasteiger partial charge is 0.233 e. The topological polar surface area (TPSA) is 60.2 Å². The Bertz CT molecular complexity index is 723. The Hall–Kier alpha value is -2.02. The molecule has 0 aliphatic carbocycles. The van der Waals surface area contributed by atoms with E-state index in [0.29, 0.717) is 22.7 Å². The van der Waals surface area contributed by atoms with Gasteiger partial charge in [-0.2, -0.15) is 0 Å². The fourth-order valence-electron chi connectivity index (χ4n) is 3.40. The average Bonchev–Trinajstić information content (AvgIpc) is 3.07. The Morgan fingerprint density at radius 3 is 2.72 bits per heavy atom. The molecule has 7 heteroatoms. The van der Waals surface area contributed by atoms with Gasteiger partial charge in [-0.3, -0.25) is 9.36 Å². The molecular weight excluding hydrogens is 336 g/mol. The van der Waals surface area contributed by atoms with Crippen LogP contribution in [-0.4, -0.2) is 51.5 Å². The van der Waals surface area contributed by atoms with E-state index in [4.69, 9.17) is 4.74 Å². The fourth-order valence-corrected chi connectivity index (χ4v) is 4.23. The van der Waals surface area contributed by atoms with Crippen LogP contribution in [0.25, 0.3) is 5.69 Å². The van der Waals surface area contributed by atoms with Gasteiger partial charge in [-0.15, -0.1) is 10.2 Å². The minimum absolute atomic E-state index is 0.165. The van der Waals surface area contributed by atoms with E-state index in [-0.39, 0.29) is 5.91 Å². The van der Waals surface area contributed by atoms with Crippen LogP contribution in [0.2, 0.25) is 0 Å². The molecule has 134 valence electrons. The maximum atomic E-state index is 12.6. The number of rotatable bonds is 5. The molecule has 0 bridgehead atoms. The Labute approximate surface area is 152 Å². The molecule has 1 fully saturated rings. The Morgan fingerprint density at radius 2 is 2.00 bits per heavy atom. The number of carbonyl (C=O) groups excluding carboxylic acids is 1. The van der Waals surface area contributed by atoms with Gasteiger partial charge in [-0.05, 0) is 30.4 Å². The number of para-hydroxylation sites is 2. The molecule has 1 aliphatic heterocycles. The second kappa shape index (κ2) is 7.91. The van der Waals surface area contributed by atoms with Crippen molar-refractivity contribution in [1.82, 2.24) is 19.7 Å². The van der Waals surface area contributed by atoms with Crippen LogP contribution in [0.15, 0.2) is 35.7 Å². The average molecular weight is 360 g/mol. The predicted molar refractivity (Wildman–Crippen MR) is 98.2 cm³/mol. The summed E-state index contributed by atoms with van der Waals surface area (Å²) in [7, 11) is 1.64. The van der Waals surface area contributed by atoms with Gasteiger partial charge in [-0.25, -0.2) is 0 Å². The number of piperidine rings is 1. The van der Waals surface area contributed by atoms with Crippen molar-refractivity contribution in [3.63, 3.8) is 0 Å². The molecule has 1 aromatic heterocycles. The standard InChI is InChI=1S/C18H24N4O2S/c1-13-8-14(2)10-21(9-13)17(23)11-25-18-20-19-12-22(18)15-6-4-5-7-16(15)24-3/h4-7,12-14H,8-11H2,1-3H3/t13-,14+. The van der Waals surface area contributed by atoms with Crippen molar-refractivity contribution >= 4 is 17.7 Å². The SMILES string of the molecule is COc1ccccc1-n1cnnc1SCC(=O)N1C[C@H](C)C[C@H](C)C1. The molecule has 3 rings (SSSR count). The van der Waals surface area contributed by atoms with Crippen LogP contribution in [0.4, 0.5) is 0 Å². The second-order valence-electron chi connectivity index (χ2n) is 6.69. The highest BCUT2D eigenvalue weighted by Crippen LogP contribution is 2.27. The molecular formula is C18H24N4O2S. The number of ether oxygens (including phenoxy) is 1. The molecule has 0 saturated carbocycles. The molecule has 0 radical (unpaired) electrons. The molecule has 0 unspecified atom stereocenters. The Balaban J connectivity index is 1.69. The van der Waals surface area contributed by atoms with Gasteiger partial charge in [0.15, 0.2) is 5.16 Å². The molecule has 6 nitrogen and oxygen atoms in total. The van der Waals surface area contributed by atoms with E-state index >= 15 is 0 Å². The lowest BCUT2D eigenvalue weighted by atomic mass is 9.92. The van der Waals surface area contributed by atoms with Gasteiger partial charge in [0.1, 0.15) is 12.1 Å². The van der Waals surface area contributed by atoms with Gasteiger partial charge < -0.3 is 9.64 Å². The molecule has 2 atom stereocenters. The van der Waals surface area contributed by atoms with E-state index in [1.54, 1.807) is 13.4 Å². The summed E-state index contributed by atoms with van der Waals surface area (Å²) in [5.41, 5.74) is 0.866. The van der Waals surface area contributed by atoms with Crippen molar-refractivity contribution in [2.24, 2.45) is 11.8 Å². The van der Waals surface area contributed by atoms with Gasteiger partial charge in [0.25, 0.3) is 0 Å². The summed E-state index contributed by atoms with van der Waals surface area (Å²) in [4.78, 5) is 14.6. The van der Waals surface area contributed by atoms with Crippen LogP contribution < -0.4 is 4.74 Å². The summed E-state index contributed by atoms with van der Waals surface area (Å²) < 4.78 is 7.27. The number of aromatic nitrogens is 3.